The minimum atomic E-state index is -0.561. The Hall–Kier alpha value is -2.00. The van der Waals surface area contributed by atoms with Gasteiger partial charge in [0.05, 0.1) is 0 Å². The zero-order valence-electron chi connectivity index (χ0n) is 13.0. The van der Waals surface area contributed by atoms with E-state index < -0.39 is 6.10 Å². The number of hydrogen-bond donors (Lipinski definition) is 0. The van der Waals surface area contributed by atoms with Crippen LogP contribution < -0.4 is 4.74 Å². The molecule has 1 amide bonds. The van der Waals surface area contributed by atoms with Gasteiger partial charge in [-0.3, -0.25) is 4.79 Å². The molecule has 0 bridgehead atoms. The molecule has 1 unspecified atom stereocenters. The summed E-state index contributed by atoms with van der Waals surface area (Å²) in [5, 5.41) is 0.588. The van der Waals surface area contributed by atoms with Crippen molar-refractivity contribution in [1.29, 1.82) is 0 Å². The smallest absolute Gasteiger partial charge is 0.263 e. The Balaban J connectivity index is 1.96. The molecule has 0 radical (unpaired) electrons. The first kappa shape index (κ1) is 16.4. The zero-order chi connectivity index (χ0) is 16.1. The van der Waals surface area contributed by atoms with Gasteiger partial charge in [-0.25, -0.2) is 0 Å². The summed E-state index contributed by atoms with van der Waals surface area (Å²) < 4.78 is 5.66. The van der Waals surface area contributed by atoms with E-state index in [1.807, 2.05) is 31.2 Å². The maximum absolute atomic E-state index is 12.4. The second kappa shape index (κ2) is 7.32. The normalized spacial score (nSPS) is 11.8. The van der Waals surface area contributed by atoms with Crippen molar-refractivity contribution < 1.29 is 9.53 Å². The first-order chi connectivity index (χ1) is 10.5. The molecule has 0 aliphatic heterocycles. The second-order valence-corrected chi connectivity index (χ2v) is 5.83. The lowest BCUT2D eigenvalue weighted by Gasteiger charge is -2.22. The number of benzene rings is 2. The number of likely N-dealkylation sites (N-methyl/N-ethyl adjacent to an activating group) is 1. The number of hydrogen-bond acceptors (Lipinski definition) is 2. The van der Waals surface area contributed by atoms with E-state index >= 15 is 0 Å². The molecule has 1 atom stereocenters. The van der Waals surface area contributed by atoms with Crippen molar-refractivity contribution in [2.75, 3.05) is 7.05 Å². The van der Waals surface area contributed by atoms with Gasteiger partial charge in [0.25, 0.3) is 5.91 Å². The van der Waals surface area contributed by atoms with Gasteiger partial charge in [-0.1, -0.05) is 47.5 Å². The fourth-order valence-corrected chi connectivity index (χ4v) is 2.33. The van der Waals surface area contributed by atoms with Crippen LogP contribution in [0.15, 0.2) is 48.5 Å². The van der Waals surface area contributed by atoms with E-state index in [1.54, 1.807) is 43.1 Å². The van der Waals surface area contributed by atoms with Gasteiger partial charge in [-0.15, -0.1) is 0 Å². The monoisotopic (exact) mass is 317 g/mol. The highest BCUT2D eigenvalue weighted by Crippen LogP contribution is 2.19. The fraction of sp³-hybridized carbons (Fsp3) is 0.278. The number of carbonyl (C=O) groups is 1. The van der Waals surface area contributed by atoms with Crippen molar-refractivity contribution in [2.45, 2.75) is 26.5 Å². The van der Waals surface area contributed by atoms with E-state index in [9.17, 15) is 4.79 Å². The Morgan fingerprint density at radius 1 is 1.23 bits per heavy atom. The molecule has 0 aromatic heterocycles. The van der Waals surface area contributed by atoms with Crippen molar-refractivity contribution in [3.63, 3.8) is 0 Å². The predicted molar refractivity (Wildman–Crippen MR) is 89.2 cm³/mol. The van der Waals surface area contributed by atoms with Gasteiger partial charge in [-0.2, -0.15) is 0 Å². The van der Waals surface area contributed by atoms with Crippen LogP contribution in [0.2, 0.25) is 5.02 Å². The van der Waals surface area contributed by atoms with Crippen molar-refractivity contribution >= 4 is 17.5 Å². The highest BCUT2D eigenvalue weighted by molar-refractivity contribution is 6.30. The Morgan fingerprint density at radius 2 is 1.91 bits per heavy atom. The molecule has 0 aliphatic rings. The maximum Gasteiger partial charge on any atom is 0.263 e. The van der Waals surface area contributed by atoms with Crippen LogP contribution >= 0.6 is 11.6 Å². The van der Waals surface area contributed by atoms with E-state index in [0.717, 1.165) is 5.56 Å². The van der Waals surface area contributed by atoms with Gasteiger partial charge >= 0.3 is 0 Å². The quantitative estimate of drug-likeness (QED) is 0.831. The number of halogens is 1. The number of nitrogens with zero attached hydrogens (tertiary/aromatic N) is 1. The molecule has 0 saturated carbocycles. The van der Waals surface area contributed by atoms with Gasteiger partial charge in [-0.05, 0) is 37.6 Å². The lowest BCUT2D eigenvalue weighted by Crippen LogP contribution is -2.37. The lowest BCUT2D eigenvalue weighted by atomic mass is 10.1. The van der Waals surface area contributed by atoms with Gasteiger partial charge in [0.2, 0.25) is 0 Å². The van der Waals surface area contributed by atoms with Gasteiger partial charge in [0.1, 0.15) is 5.75 Å². The van der Waals surface area contributed by atoms with Crippen LogP contribution in [0.1, 0.15) is 18.1 Å². The van der Waals surface area contributed by atoms with Gasteiger partial charge < -0.3 is 9.64 Å². The highest BCUT2D eigenvalue weighted by atomic mass is 35.5. The Bertz CT molecular complexity index is 640. The van der Waals surface area contributed by atoms with Crippen LogP contribution in [0.4, 0.5) is 0 Å². The van der Waals surface area contributed by atoms with Crippen LogP contribution in [-0.4, -0.2) is 24.0 Å². The summed E-state index contributed by atoms with van der Waals surface area (Å²) in [5.41, 5.74) is 2.30. The van der Waals surface area contributed by atoms with Gasteiger partial charge in [0.15, 0.2) is 6.10 Å². The lowest BCUT2D eigenvalue weighted by molar-refractivity contribution is -0.137. The molecule has 0 saturated heterocycles. The average molecular weight is 318 g/mol. The SMILES string of the molecule is Cc1ccc(CN(C)C(=O)C(C)Oc2cccc(Cl)c2)cc1. The van der Waals surface area contributed by atoms with Crippen molar-refractivity contribution in [3.05, 3.63) is 64.7 Å². The van der Waals surface area contributed by atoms with Crippen LogP contribution in [0, 0.1) is 6.92 Å². The first-order valence-corrected chi connectivity index (χ1v) is 7.56. The Labute approximate surface area is 136 Å². The molecule has 0 aliphatic carbocycles. The van der Waals surface area contributed by atoms with Crippen LogP contribution in [0.3, 0.4) is 0 Å². The Kier molecular flexibility index (Phi) is 5.45. The molecule has 2 rings (SSSR count). The standard InChI is InChI=1S/C18H20ClNO2/c1-13-7-9-15(10-8-13)12-20(3)18(21)14(2)22-17-6-4-5-16(19)11-17/h4-11,14H,12H2,1-3H3. The molecule has 2 aromatic rings. The average Bonchev–Trinajstić information content (AvgIpc) is 2.48. The minimum absolute atomic E-state index is 0.0689. The summed E-state index contributed by atoms with van der Waals surface area (Å²) in [4.78, 5) is 14.0. The Morgan fingerprint density at radius 3 is 2.55 bits per heavy atom. The molecular formula is C18H20ClNO2. The highest BCUT2D eigenvalue weighted by Gasteiger charge is 2.19. The third kappa shape index (κ3) is 4.50. The topological polar surface area (TPSA) is 29.5 Å². The number of rotatable bonds is 5. The van der Waals surface area contributed by atoms with Crippen LogP contribution in [0.5, 0.6) is 5.75 Å². The molecule has 0 spiro atoms. The third-order valence-corrected chi connectivity index (χ3v) is 3.61. The van der Waals surface area contributed by atoms with Crippen LogP contribution in [0.25, 0.3) is 0 Å². The second-order valence-electron chi connectivity index (χ2n) is 5.40. The fourth-order valence-electron chi connectivity index (χ4n) is 2.15. The molecule has 3 nitrogen and oxygen atoms in total. The largest absolute Gasteiger partial charge is 0.481 e. The van der Waals surface area contributed by atoms with Gasteiger partial charge in [0, 0.05) is 18.6 Å². The summed E-state index contributed by atoms with van der Waals surface area (Å²) in [6, 6.07) is 15.2. The number of carbonyl (C=O) groups excluding carboxylic acids is 1. The van der Waals surface area contributed by atoms with Crippen molar-refractivity contribution in [3.8, 4) is 5.75 Å². The summed E-state index contributed by atoms with van der Waals surface area (Å²) in [6.45, 7) is 4.34. The summed E-state index contributed by atoms with van der Waals surface area (Å²) >= 11 is 5.92. The molecule has 0 N–H and O–H groups in total. The molecule has 116 valence electrons. The molecule has 4 heteroatoms. The molecule has 22 heavy (non-hydrogen) atoms. The molecular weight excluding hydrogens is 298 g/mol. The van der Waals surface area contributed by atoms with E-state index in [-0.39, 0.29) is 5.91 Å². The first-order valence-electron chi connectivity index (χ1n) is 7.18. The van der Waals surface area contributed by atoms with Crippen molar-refractivity contribution in [1.82, 2.24) is 4.90 Å². The summed E-state index contributed by atoms with van der Waals surface area (Å²) in [5.74, 6) is 0.526. The predicted octanol–water partition coefficient (Wildman–Crippen LogP) is 4.07. The summed E-state index contributed by atoms with van der Waals surface area (Å²) in [7, 11) is 1.78. The number of amides is 1. The number of ether oxygens (including phenoxy) is 1. The summed E-state index contributed by atoms with van der Waals surface area (Å²) in [6.07, 6.45) is -0.561. The van der Waals surface area contributed by atoms with Crippen molar-refractivity contribution in [2.24, 2.45) is 0 Å². The molecule has 0 fully saturated rings. The zero-order valence-corrected chi connectivity index (χ0v) is 13.8. The van der Waals surface area contributed by atoms with E-state index in [2.05, 4.69) is 0 Å². The van der Waals surface area contributed by atoms with E-state index in [4.69, 9.17) is 16.3 Å². The minimum Gasteiger partial charge on any atom is -0.481 e. The molecule has 0 heterocycles. The number of aryl methyl sites for hydroxylation is 1. The maximum atomic E-state index is 12.4. The van der Waals surface area contributed by atoms with E-state index in [0.29, 0.717) is 17.3 Å². The molecule has 2 aromatic carbocycles. The van der Waals surface area contributed by atoms with Crippen LogP contribution in [-0.2, 0) is 11.3 Å². The van der Waals surface area contributed by atoms with E-state index in [1.165, 1.54) is 5.56 Å². The third-order valence-electron chi connectivity index (χ3n) is 3.37.